The van der Waals surface area contributed by atoms with Gasteiger partial charge in [-0.3, -0.25) is 0 Å². The fourth-order valence-electron chi connectivity index (χ4n) is 3.61. The average molecular weight is 255 g/mol. The molecule has 0 radical (unpaired) electrons. The second kappa shape index (κ2) is 7.04. The van der Waals surface area contributed by atoms with E-state index in [1.807, 2.05) is 0 Å². The molecule has 2 saturated carbocycles. The first kappa shape index (κ1) is 13.7. The molecule has 0 aromatic carbocycles. The smallest absolute Gasteiger partial charge is 0.00722 e. The van der Waals surface area contributed by atoms with Gasteiger partial charge in [0, 0.05) is 17.3 Å². The maximum Gasteiger partial charge on any atom is 0.00722 e. The van der Waals surface area contributed by atoms with Gasteiger partial charge in [-0.1, -0.05) is 26.2 Å². The number of nitrogens with one attached hydrogen (secondary N) is 1. The second-order valence-corrected chi connectivity index (χ2v) is 7.15. The van der Waals surface area contributed by atoms with Crippen molar-refractivity contribution in [1.82, 2.24) is 5.32 Å². The molecule has 2 heteroatoms. The summed E-state index contributed by atoms with van der Waals surface area (Å²) in [4.78, 5) is 0. The fraction of sp³-hybridized carbons (Fsp3) is 1.00. The molecule has 0 aromatic rings. The van der Waals surface area contributed by atoms with Crippen molar-refractivity contribution in [2.75, 3.05) is 6.26 Å². The summed E-state index contributed by atoms with van der Waals surface area (Å²) in [7, 11) is 0. The molecule has 2 rings (SSSR count). The van der Waals surface area contributed by atoms with E-state index in [9.17, 15) is 0 Å². The van der Waals surface area contributed by atoms with Gasteiger partial charge >= 0.3 is 0 Å². The van der Waals surface area contributed by atoms with Crippen LogP contribution in [0.4, 0.5) is 0 Å². The van der Waals surface area contributed by atoms with E-state index < -0.39 is 0 Å². The van der Waals surface area contributed by atoms with Gasteiger partial charge in [-0.2, -0.15) is 11.8 Å². The Balaban J connectivity index is 1.70. The number of hydrogen-bond acceptors (Lipinski definition) is 2. The van der Waals surface area contributed by atoms with Crippen LogP contribution in [0.2, 0.25) is 0 Å². The van der Waals surface area contributed by atoms with Crippen molar-refractivity contribution in [3.8, 4) is 0 Å². The molecule has 2 atom stereocenters. The van der Waals surface area contributed by atoms with E-state index in [1.54, 1.807) is 0 Å². The summed E-state index contributed by atoms with van der Waals surface area (Å²) in [5, 5.41) is 4.90. The molecule has 0 heterocycles. The van der Waals surface area contributed by atoms with Crippen molar-refractivity contribution in [2.45, 2.75) is 82.0 Å². The van der Waals surface area contributed by atoms with Crippen LogP contribution in [0.5, 0.6) is 0 Å². The lowest BCUT2D eigenvalue weighted by molar-refractivity contribution is 0.243. The Morgan fingerprint density at radius 2 is 1.76 bits per heavy atom. The summed E-state index contributed by atoms with van der Waals surface area (Å²) >= 11 is 2.07. The van der Waals surface area contributed by atoms with E-state index in [4.69, 9.17) is 0 Å². The van der Waals surface area contributed by atoms with Crippen LogP contribution >= 0.6 is 11.8 Å². The van der Waals surface area contributed by atoms with Gasteiger partial charge in [0.2, 0.25) is 0 Å². The largest absolute Gasteiger partial charge is 0.311 e. The van der Waals surface area contributed by atoms with E-state index in [0.29, 0.717) is 0 Å². The molecule has 1 N–H and O–H groups in total. The zero-order valence-corrected chi connectivity index (χ0v) is 12.4. The van der Waals surface area contributed by atoms with Gasteiger partial charge in [-0.25, -0.2) is 0 Å². The third-order valence-electron chi connectivity index (χ3n) is 4.84. The molecule has 100 valence electrons. The lowest BCUT2D eigenvalue weighted by atomic mass is 9.83. The highest BCUT2D eigenvalue weighted by atomic mass is 32.2. The van der Waals surface area contributed by atoms with E-state index >= 15 is 0 Å². The molecular formula is C15H29NS. The van der Waals surface area contributed by atoms with Crippen LogP contribution < -0.4 is 5.32 Å². The van der Waals surface area contributed by atoms with Gasteiger partial charge in [0.25, 0.3) is 0 Å². The molecular weight excluding hydrogens is 226 g/mol. The first-order valence-corrected chi connectivity index (χ1v) is 8.89. The van der Waals surface area contributed by atoms with Gasteiger partial charge in [-0.15, -0.1) is 0 Å². The van der Waals surface area contributed by atoms with Gasteiger partial charge in [-0.05, 0) is 50.7 Å². The van der Waals surface area contributed by atoms with Crippen molar-refractivity contribution in [3.05, 3.63) is 0 Å². The molecule has 0 bridgehead atoms. The minimum absolute atomic E-state index is 0.832. The van der Waals surface area contributed by atoms with Crippen LogP contribution in [0.25, 0.3) is 0 Å². The number of hydrogen-bond donors (Lipinski definition) is 1. The molecule has 0 saturated heterocycles. The van der Waals surface area contributed by atoms with Crippen LogP contribution in [0.15, 0.2) is 0 Å². The highest BCUT2D eigenvalue weighted by Crippen LogP contribution is 2.30. The Labute approximate surface area is 112 Å². The molecule has 2 fully saturated rings. The Morgan fingerprint density at radius 3 is 2.41 bits per heavy atom. The summed E-state index contributed by atoms with van der Waals surface area (Å²) < 4.78 is 0. The molecule has 2 aliphatic carbocycles. The van der Waals surface area contributed by atoms with Crippen LogP contribution in [0, 0.1) is 5.92 Å². The summed E-state index contributed by atoms with van der Waals surface area (Å²) in [6.45, 7) is 2.36. The van der Waals surface area contributed by atoms with E-state index in [-0.39, 0.29) is 0 Å². The van der Waals surface area contributed by atoms with Gasteiger partial charge in [0.15, 0.2) is 0 Å². The Hall–Kier alpha value is 0.310. The lowest BCUT2D eigenvalue weighted by Gasteiger charge is -2.35. The number of rotatable bonds is 4. The summed E-state index contributed by atoms with van der Waals surface area (Å²) in [5.41, 5.74) is 0. The molecule has 0 aliphatic heterocycles. The third kappa shape index (κ3) is 4.17. The molecule has 17 heavy (non-hydrogen) atoms. The SMILES string of the molecule is CCC1CCCC(NC2CCC(SC)CC2)C1. The predicted molar refractivity (Wildman–Crippen MR) is 78.7 cm³/mol. The second-order valence-electron chi connectivity index (χ2n) is 6.01. The third-order valence-corrected chi connectivity index (χ3v) is 5.98. The summed E-state index contributed by atoms with van der Waals surface area (Å²) in [6.07, 6.45) is 15.2. The Bertz CT molecular complexity index is 211. The minimum atomic E-state index is 0.832. The van der Waals surface area contributed by atoms with E-state index in [0.717, 1.165) is 23.3 Å². The van der Waals surface area contributed by atoms with Crippen molar-refractivity contribution >= 4 is 11.8 Å². The first-order chi connectivity index (χ1) is 8.31. The van der Waals surface area contributed by atoms with Crippen molar-refractivity contribution in [1.29, 1.82) is 0 Å². The molecule has 2 unspecified atom stereocenters. The molecule has 1 nitrogen and oxygen atoms in total. The monoisotopic (exact) mass is 255 g/mol. The Morgan fingerprint density at radius 1 is 1.00 bits per heavy atom. The maximum absolute atomic E-state index is 3.96. The molecule has 0 spiro atoms. The maximum atomic E-state index is 3.96. The topological polar surface area (TPSA) is 12.0 Å². The van der Waals surface area contributed by atoms with Gasteiger partial charge < -0.3 is 5.32 Å². The average Bonchev–Trinajstić information content (AvgIpc) is 2.40. The minimum Gasteiger partial charge on any atom is -0.311 e. The van der Waals surface area contributed by atoms with Gasteiger partial charge in [0.05, 0.1) is 0 Å². The van der Waals surface area contributed by atoms with E-state index in [1.165, 1.54) is 57.8 Å². The Kier molecular flexibility index (Phi) is 5.68. The summed E-state index contributed by atoms with van der Waals surface area (Å²) in [6, 6.07) is 1.67. The van der Waals surface area contributed by atoms with Crippen molar-refractivity contribution in [3.63, 3.8) is 0 Å². The molecule has 0 aromatic heterocycles. The highest BCUT2D eigenvalue weighted by molar-refractivity contribution is 7.99. The highest BCUT2D eigenvalue weighted by Gasteiger charge is 2.25. The quantitative estimate of drug-likeness (QED) is 0.807. The van der Waals surface area contributed by atoms with Crippen LogP contribution in [-0.4, -0.2) is 23.6 Å². The predicted octanol–water partition coefficient (Wildman–Crippen LogP) is 4.22. The van der Waals surface area contributed by atoms with Crippen molar-refractivity contribution < 1.29 is 0 Å². The van der Waals surface area contributed by atoms with Crippen LogP contribution in [0.3, 0.4) is 0 Å². The van der Waals surface area contributed by atoms with E-state index in [2.05, 4.69) is 30.3 Å². The molecule has 0 amide bonds. The summed E-state index contributed by atoms with van der Waals surface area (Å²) in [5.74, 6) is 1.00. The zero-order valence-electron chi connectivity index (χ0n) is 11.6. The molecule has 2 aliphatic rings. The van der Waals surface area contributed by atoms with Crippen LogP contribution in [-0.2, 0) is 0 Å². The normalized spacial score (nSPS) is 39.2. The fourth-order valence-corrected chi connectivity index (χ4v) is 4.36. The van der Waals surface area contributed by atoms with Gasteiger partial charge in [0.1, 0.15) is 0 Å². The zero-order chi connectivity index (χ0) is 12.1. The first-order valence-electron chi connectivity index (χ1n) is 7.60. The number of thioether (sulfide) groups is 1. The standard InChI is InChI=1S/C15H29NS/c1-3-12-5-4-6-14(11-12)16-13-7-9-15(17-2)10-8-13/h12-16H,3-11H2,1-2H3. The lowest BCUT2D eigenvalue weighted by Crippen LogP contribution is -2.43. The van der Waals surface area contributed by atoms with Crippen molar-refractivity contribution in [2.24, 2.45) is 5.92 Å². The van der Waals surface area contributed by atoms with Crippen LogP contribution in [0.1, 0.15) is 64.7 Å².